The summed E-state index contributed by atoms with van der Waals surface area (Å²) < 4.78 is 16.8. The van der Waals surface area contributed by atoms with Crippen LogP contribution in [0.25, 0.3) is 0 Å². The van der Waals surface area contributed by atoms with E-state index in [2.05, 4.69) is 31.8 Å². The van der Waals surface area contributed by atoms with Gasteiger partial charge in [-0.15, -0.1) is 0 Å². The second-order valence-electron chi connectivity index (χ2n) is 6.89. The lowest BCUT2D eigenvalue weighted by molar-refractivity contribution is -0.123. The summed E-state index contributed by atoms with van der Waals surface area (Å²) >= 11 is 3.36. The highest BCUT2D eigenvalue weighted by Crippen LogP contribution is 2.38. The van der Waals surface area contributed by atoms with E-state index in [1.807, 2.05) is 38.1 Å². The molecule has 1 atom stereocenters. The molecule has 2 aromatic carbocycles. The molecule has 31 heavy (non-hydrogen) atoms. The fourth-order valence-electron chi connectivity index (χ4n) is 2.76. The molecular weight excluding hydrogens is 466 g/mol. The number of benzene rings is 2. The molecule has 166 valence electrons. The van der Waals surface area contributed by atoms with Gasteiger partial charge in [-0.25, -0.2) is 5.43 Å². The van der Waals surface area contributed by atoms with Gasteiger partial charge < -0.3 is 19.5 Å². The number of hydrogen-bond donors (Lipinski definition) is 2. The first-order chi connectivity index (χ1) is 14.8. The zero-order chi connectivity index (χ0) is 23.0. The monoisotopic (exact) mass is 491 g/mol. The van der Waals surface area contributed by atoms with Gasteiger partial charge in [-0.05, 0) is 35.7 Å². The summed E-state index contributed by atoms with van der Waals surface area (Å²) in [6.45, 7) is 3.66. The normalized spacial score (nSPS) is 11.8. The molecule has 0 aliphatic heterocycles. The standard InChI is InChI=1S/C22H26BrN3O5/c1-13(2)19(22(28)26-24-12-14-6-8-16(23)9-7-14)25-21(27)15-10-17(29-3)20(31-5)18(11-15)30-4/h6-13,19H,1-5H3,(H,25,27)(H,26,28)/b24-12-/t19-/m1/s1. The first kappa shape index (κ1) is 24.2. The van der Waals surface area contributed by atoms with Crippen LogP contribution >= 0.6 is 15.9 Å². The molecule has 2 aromatic rings. The maximum Gasteiger partial charge on any atom is 0.262 e. The van der Waals surface area contributed by atoms with Crippen molar-refractivity contribution in [2.45, 2.75) is 19.9 Å². The number of hydrazone groups is 1. The Morgan fingerprint density at radius 3 is 2.06 bits per heavy atom. The van der Waals surface area contributed by atoms with Crippen LogP contribution in [0.1, 0.15) is 29.8 Å². The summed E-state index contributed by atoms with van der Waals surface area (Å²) in [4.78, 5) is 25.5. The fraction of sp³-hybridized carbons (Fsp3) is 0.318. The maximum absolute atomic E-state index is 12.8. The van der Waals surface area contributed by atoms with Crippen LogP contribution in [0.3, 0.4) is 0 Å². The fourth-order valence-corrected chi connectivity index (χ4v) is 3.02. The third kappa shape index (κ3) is 6.45. The van der Waals surface area contributed by atoms with E-state index in [1.54, 1.807) is 0 Å². The molecule has 0 aliphatic carbocycles. The van der Waals surface area contributed by atoms with Crippen molar-refractivity contribution in [1.29, 1.82) is 0 Å². The van der Waals surface area contributed by atoms with Crippen molar-refractivity contribution in [3.8, 4) is 17.2 Å². The Bertz CT molecular complexity index is 920. The van der Waals surface area contributed by atoms with Crippen molar-refractivity contribution >= 4 is 34.0 Å². The summed E-state index contributed by atoms with van der Waals surface area (Å²) in [6.07, 6.45) is 1.53. The van der Waals surface area contributed by atoms with Crippen molar-refractivity contribution in [2.75, 3.05) is 21.3 Å². The number of rotatable bonds is 9. The number of carbonyl (C=O) groups is 2. The third-order valence-electron chi connectivity index (χ3n) is 4.42. The molecule has 0 saturated heterocycles. The highest BCUT2D eigenvalue weighted by atomic mass is 79.9. The molecule has 0 aromatic heterocycles. The van der Waals surface area contributed by atoms with Gasteiger partial charge in [-0.3, -0.25) is 9.59 Å². The SMILES string of the molecule is COc1cc(C(=O)N[C@@H](C(=O)N/N=C\c2ccc(Br)cc2)C(C)C)cc(OC)c1OC. The Labute approximate surface area is 190 Å². The Hall–Kier alpha value is -3.07. The van der Waals surface area contributed by atoms with E-state index in [0.29, 0.717) is 17.2 Å². The van der Waals surface area contributed by atoms with E-state index < -0.39 is 17.9 Å². The maximum atomic E-state index is 12.8. The van der Waals surface area contributed by atoms with Crippen molar-refractivity contribution in [3.05, 3.63) is 52.0 Å². The van der Waals surface area contributed by atoms with Gasteiger partial charge in [0.15, 0.2) is 11.5 Å². The summed E-state index contributed by atoms with van der Waals surface area (Å²) in [5.41, 5.74) is 3.58. The number of ether oxygens (including phenoxy) is 3. The Morgan fingerprint density at radius 2 is 1.58 bits per heavy atom. The lowest BCUT2D eigenvalue weighted by Crippen LogP contribution is -2.48. The zero-order valence-corrected chi connectivity index (χ0v) is 19.6. The lowest BCUT2D eigenvalue weighted by Gasteiger charge is -2.21. The van der Waals surface area contributed by atoms with Gasteiger partial charge in [-0.1, -0.05) is 41.9 Å². The van der Waals surface area contributed by atoms with Crippen molar-refractivity contribution < 1.29 is 23.8 Å². The molecular formula is C22H26BrN3O5. The summed E-state index contributed by atoms with van der Waals surface area (Å²) in [5.74, 6) is 0.0123. The Balaban J connectivity index is 2.14. The highest BCUT2D eigenvalue weighted by molar-refractivity contribution is 9.10. The molecule has 0 heterocycles. The summed E-state index contributed by atoms with van der Waals surface area (Å²) in [7, 11) is 4.41. The zero-order valence-electron chi connectivity index (χ0n) is 18.1. The molecule has 8 nitrogen and oxygen atoms in total. The van der Waals surface area contributed by atoms with Crippen LogP contribution in [-0.2, 0) is 4.79 Å². The van der Waals surface area contributed by atoms with E-state index in [9.17, 15) is 9.59 Å². The molecule has 9 heteroatoms. The Kier molecular flexibility index (Phi) is 8.87. The quantitative estimate of drug-likeness (QED) is 0.413. The number of amides is 2. The van der Waals surface area contributed by atoms with Gasteiger partial charge in [0.2, 0.25) is 5.75 Å². The van der Waals surface area contributed by atoms with E-state index in [4.69, 9.17) is 14.2 Å². The second kappa shape index (κ2) is 11.4. The van der Waals surface area contributed by atoms with Gasteiger partial charge in [0, 0.05) is 10.0 Å². The average molecular weight is 492 g/mol. The predicted octanol–water partition coefficient (Wildman–Crippen LogP) is 3.38. The second-order valence-corrected chi connectivity index (χ2v) is 7.81. The van der Waals surface area contributed by atoms with Gasteiger partial charge in [0.1, 0.15) is 6.04 Å². The van der Waals surface area contributed by atoms with Crippen LogP contribution < -0.4 is 25.0 Å². The molecule has 2 rings (SSSR count). The van der Waals surface area contributed by atoms with E-state index in [-0.39, 0.29) is 11.5 Å². The number of nitrogens with zero attached hydrogens (tertiary/aromatic N) is 1. The first-order valence-corrected chi connectivity index (χ1v) is 10.3. The van der Waals surface area contributed by atoms with Crippen LogP contribution in [0.5, 0.6) is 17.2 Å². The van der Waals surface area contributed by atoms with E-state index in [0.717, 1.165) is 10.0 Å². The number of carbonyl (C=O) groups excluding carboxylic acids is 2. The van der Waals surface area contributed by atoms with Crippen LogP contribution in [-0.4, -0.2) is 45.4 Å². The van der Waals surface area contributed by atoms with E-state index in [1.165, 1.54) is 39.7 Å². The summed E-state index contributed by atoms with van der Waals surface area (Å²) in [6, 6.07) is 9.71. The number of halogens is 1. The average Bonchev–Trinajstić information content (AvgIpc) is 2.77. The number of methoxy groups -OCH3 is 3. The highest BCUT2D eigenvalue weighted by Gasteiger charge is 2.26. The predicted molar refractivity (Wildman–Crippen MR) is 122 cm³/mol. The van der Waals surface area contributed by atoms with Crippen LogP contribution in [0.4, 0.5) is 0 Å². The van der Waals surface area contributed by atoms with Gasteiger partial charge >= 0.3 is 0 Å². The number of nitrogens with one attached hydrogen (secondary N) is 2. The van der Waals surface area contributed by atoms with E-state index >= 15 is 0 Å². The molecule has 0 radical (unpaired) electrons. The van der Waals surface area contributed by atoms with Gasteiger partial charge in [-0.2, -0.15) is 5.10 Å². The van der Waals surface area contributed by atoms with Gasteiger partial charge in [0.05, 0.1) is 27.5 Å². The molecule has 0 saturated carbocycles. The Morgan fingerprint density at radius 1 is 1.00 bits per heavy atom. The molecule has 0 spiro atoms. The van der Waals surface area contributed by atoms with Crippen LogP contribution in [0.2, 0.25) is 0 Å². The topological polar surface area (TPSA) is 98.2 Å². The van der Waals surface area contributed by atoms with Crippen LogP contribution in [0, 0.1) is 5.92 Å². The lowest BCUT2D eigenvalue weighted by atomic mass is 10.0. The number of hydrogen-bond acceptors (Lipinski definition) is 6. The largest absolute Gasteiger partial charge is 0.493 e. The minimum atomic E-state index is -0.798. The van der Waals surface area contributed by atoms with Crippen LogP contribution in [0.15, 0.2) is 46.0 Å². The molecule has 0 unspecified atom stereocenters. The van der Waals surface area contributed by atoms with Crippen molar-refractivity contribution in [3.63, 3.8) is 0 Å². The molecule has 0 bridgehead atoms. The minimum Gasteiger partial charge on any atom is -0.493 e. The first-order valence-electron chi connectivity index (χ1n) is 9.50. The third-order valence-corrected chi connectivity index (χ3v) is 4.95. The molecule has 0 fully saturated rings. The minimum absolute atomic E-state index is 0.172. The summed E-state index contributed by atoms with van der Waals surface area (Å²) in [5, 5.41) is 6.73. The molecule has 0 aliphatic rings. The van der Waals surface area contributed by atoms with Crippen molar-refractivity contribution in [1.82, 2.24) is 10.7 Å². The van der Waals surface area contributed by atoms with Crippen molar-refractivity contribution in [2.24, 2.45) is 11.0 Å². The molecule has 2 amide bonds. The smallest absolute Gasteiger partial charge is 0.262 e. The van der Waals surface area contributed by atoms with Gasteiger partial charge in [0.25, 0.3) is 11.8 Å². The molecule has 2 N–H and O–H groups in total.